The average molecular weight is 503 g/mol. The summed E-state index contributed by atoms with van der Waals surface area (Å²) in [4.78, 5) is 34.9. The number of nitrogens with zero attached hydrogens (tertiary/aromatic N) is 4. The molecular formula is C27H27FN6O3. The molecule has 2 aromatic heterocycles. The van der Waals surface area contributed by atoms with Crippen molar-refractivity contribution in [1.82, 2.24) is 24.8 Å². The Morgan fingerprint density at radius 3 is 2.81 bits per heavy atom. The van der Waals surface area contributed by atoms with Crippen LogP contribution in [0, 0.1) is 12.7 Å². The summed E-state index contributed by atoms with van der Waals surface area (Å²) in [6, 6.07) is 13.3. The van der Waals surface area contributed by atoms with E-state index in [1.807, 2.05) is 12.1 Å². The molecule has 0 spiro atoms. The van der Waals surface area contributed by atoms with Crippen LogP contribution in [0.15, 0.2) is 61.1 Å². The number of aryl methyl sites for hydroxylation is 1. The Morgan fingerprint density at radius 2 is 2.00 bits per heavy atom. The van der Waals surface area contributed by atoms with E-state index in [-0.39, 0.29) is 23.8 Å². The van der Waals surface area contributed by atoms with Gasteiger partial charge in [0.1, 0.15) is 17.9 Å². The lowest BCUT2D eigenvalue weighted by molar-refractivity contribution is -0.119. The average Bonchev–Trinajstić information content (AvgIpc) is 3.47. The molecule has 1 atom stereocenters. The molecule has 1 fully saturated rings. The highest BCUT2D eigenvalue weighted by Gasteiger charge is 2.23. The summed E-state index contributed by atoms with van der Waals surface area (Å²) in [5.74, 6) is 0.669. The number of carbonyl (C=O) groups is 2. The van der Waals surface area contributed by atoms with Gasteiger partial charge in [0.25, 0.3) is 0 Å². The van der Waals surface area contributed by atoms with Crippen molar-refractivity contribution in [2.45, 2.75) is 32.9 Å². The molecule has 1 aliphatic rings. The number of hydrogen-bond acceptors (Lipinski definition) is 6. The second-order valence-electron chi connectivity index (χ2n) is 9.17. The van der Waals surface area contributed by atoms with Crippen LogP contribution in [-0.2, 0) is 11.3 Å². The van der Waals surface area contributed by atoms with Gasteiger partial charge in [-0.1, -0.05) is 0 Å². The standard InChI is InChI=1S/C27H27FN6O3/c1-17-11-20(3-5-24(17)28)32-27(36)34-10-7-19-12-23(4-6-25(19)34)37-26-13-22(29-16-30-26)15-33-9-8-21(14-33)31-18(2)35/h3-7,10-13,16,21H,8-9,14-15H2,1-2H3,(H,31,35)(H,32,36). The predicted molar refractivity (Wildman–Crippen MR) is 137 cm³/mol. The lowest BCUT2D eigenvalue weighted by atomic mass is 10.2. The van der Waals surface area contributed by atoms with Gasteiger partial charge in [-0.25, -0.2) is 19.2 Å². The minimum atomic E-state index is -0.349. The number of rotatable bonds is 6. The van der Waals surface area contributed by atoms with Crippen LogP contribution >= 0.6 is 0 Å². The number of carbonyl (C=O) groups excluding carboxylic acids is 2. The summed E-state index contributed by atoms with van der Waals surface area (Å²) in [6.45, 7) is 5.48. The number of fused-ring (bicyclic) bond motifs is 1. The van der Waals surface area contributed by atoms with E-state index in [9.17, 15) is 14.0 Å². The van der Waals surface area contributed by atoms with E-state index in [2.05, 4.69) is 25.5 Å². The van der Waals surface area contributed by atoms with Gasteiger partial charge in [0.15, 0.2) is 0 Å². The van der Waals surface area contributed by atoms with Crippen molar-refractivity contribution in [2.75, 3.05) is 18.4 Å². The molecule has 1 aliphatic heterocycles. The zero-order valence-corrected chi connectivity index (χ0v) is 20.6. The molecule has 4 aromatic rings. The first-order valence-electron chi connectivity index (χ1n) is 12.0. The van der Waals surface area contributed by atoms with Crippen LogP contribution in [0.2, 0.25) is 0 Å². The number of nitrogens with one attached hydrogen (secondary N) is 2. The summed E-state index contributed by atoms with van der Waals surface area (Å²) < 4.78 is 21.0. The Bertz CT molecular complexity index is 1470. The highest BCUT2D eigenvalue weighted by Crippen LogP contribution is 2.26. The van der Waals surface area contributed by atoms with Gasteiger partial charge in [-0.05, 0) is 61.4 Å². The Kier molecular flexibility index (Phi) is 6.82. The summed E-state index contributed by atoms with van der Waals surface area (Å²) in [6.07, 6.45) is 4.06. The number of halogens is 1. The van der Waals surface area contributed by atoms with Crippen LogP contribution in [0.5, 0.6) is 11.6 Å². The molecule has 1 saturated heterocycles. The van der Waals surface area contributed by atoms with E-state index in [0.29, 0.717) is 34.9 Å². The van der Waals surface area contributed by atoms with Gasteiger partial charge in [-0.3, -0.25) is 14.3 Å². The summed E-state index contributed by atoms with van der Waals surface area (Å²) in [5, 5.41) is 6.57. The molecule has 37 heavy (non-hydrogen) atoms. The number of anilines is 1. The lowest BCUT2D eigenvalue weighted by Crippen LogP contribution is -2.35. The van der Waals surface area contributed by atoms with Crippen molar-refractivity contribution in [3.8, 4) is 11.6 Å². The van der Waals surface area contributed by atoms with E-state index in [0.717, 1.165) is 30.6 Å². The minimum Gasteiger partial charge on any atom is -0.439 e. The van der Waals surface area contributed by atoms with Crippen molar-refractivity contribution in [2.24, 2.45) is 0 Å². The van der Waals surface area contributed by atoms with Gasteiger partial charge in [-0.2, -0.15) is 0 Å². The lowest BCUT2D eigenvalue weighted by Gasteiger charge is -2.16. The van der Waals surface area contributed by atoms with Crippen LogP contribution in [0.1, 0.15) is 24.6 Å². The third kappa shape index (κ3) is 5.75. The fraction of sp³-hybridized carbons (Fsp3) is 0.259. The van der Waals surface area contributed by atoms with Gasteiger partial charge in [0.2, 0.25) is 11.8 Å². The SMILES string of the molecule is CC(=O)NC1CCN(Cc2cc(Oc3ccc4c(ccn4C(=O)Nc4ccc(F)c(C)c4)c3)ncn2)C1. The first-order valence-corrected chi connectivity index (χ1v) is 12.0. The van der Waals surface area contributed by atoms with E-state index in [4.69, 9.17) is 4.74 Å². The van der Waals surface area contributed by atoms with Crippen LogP contribution in [0.4, 0.5) is 14.9 Å². The zero-order valence-electron chi connectivity index (χ0n) is 20.6. The van der Waals surface area contributed by atoms with E-state index in [1.54, 1.807) is 37.4 Å². The minimum absolute atomic E-state index is 0.0134. The molecule has 1 unspecified atom stereocenters. The molecule has 2 aromatic carbocycles. The highest BCUT2D eigenvalue weighted by atomic mass is 19.1. The number of ether oxygens (including phenoxy) is 1. The van der Waals surface area contributed by atoms with Crippen LogP contribution in [0.25, 0.3) is 10.9 Å². The Labute approximate surface area is 213 Å². The van der Waals surface area contributed by atoms with Crippen molar-refractivity contribution in [1.29, 1.82) is 0 Å². The monoisotopic (exact) mass is 502 g/mol. The number of hydrogen-bond donors (Lipinski definition) is 2. The first-order chi connectivity index (χ1) is 17.8. The number of benzene rings is 2. The number of aromatic nitrogens is 3. The molecule has 0 aliphatic carbocycles. The summed E-state index contributed by atoms with van der Waals surface area (Å²) in [7, 11) is 0. The third-order valence-corrected chi connectivity index (χ3v) is 6.28. The second kappa shape index (κ2) is 10.4. The molecule has 3 heterocycles. The Hall–Kier alpha value is -4.31. The largest absolute Gasteiger partial charge is 0.439 e. The van der Waals surface area contributed by atoms with Gasteiger partial charge >= 0.3 is 6.03 Å². The van der Waals surface area contributed by atoms with Gasteiger partial charge in [-0.15, -0.1) is 0 Å². The molecule has 5 rings (SSSR count). The highest BCUT2D eigenvalue weighted by molar-refractivity contribution is 5.98. The molecule has 2 N–H and O–H groups in total. The normalized spacial score (nSPS) is 15.6. The van der Waals surface area contributed by atoms with Crippen molar-refractivity contribution in [3.63, 3.8) is 0 Å². The van der Waals surface area contributed by atoms with Crippen molar-refractivity contribution >= 4 is 28.5 Å². The molecule has 9 nitrogen and oxygen atoms in total. The quantitative estimate of drug-likeness (QED) is 0.404. The number of likely N-dealkylation sites (tertiary alicyclic amines) is 1. The van der Waals surface area contributed by atoms with Crippen molar-refractivity contribution in [3.05, 3.63) is 78.1 Å². The fourth-order valence-corrected chi connectivity index (χ4v) is 4.52. The van der Waals surface area contributed by atoms with Crippen molar-refractivity contribution < 1.29 is 18.7 Å². The first kappa shape index (κ1) is 24.4. The number of amides is 2. The second-order valence-corrected chi connectivity index (χ2v) is 9.17. The maximum Gasteiger partial charge on any atom is 0.330 e. The molecule has 190 valence electrons. The Morgan fingerprint density at radius 1 is 1.14 bits per heavy atom. The van der Waals surface area contributed by atoms with E-state index >= 15 is 0 Å². The third-order valence-electron chi connectivity index (χ3n) is 6.28. The molecular weight excluding hydrogens is 475 g/mol. The van der Waals surface area contributed by atoms with Gasteiger partial charge in [0.05, 0.1) is 11.2 Å². The molecule has 0 saturated carbocycles. The topological polar surface area (TPSA) is 101 Å². The molecule has 0 radical (unpaired) electrons. The van der Waals surface area contributed by atoms with E-state index < -0.39 is 0 Å². The van der Waals surface area contributed by atoms with Crippen LogP contribution in [0.3, 0.4) is 0 Å². The smallest absolute Gasteiger partial charge is 0.330 e. The van der Waals surface area contributed by atoms with Crippen LogP contribution in [-0.4, -0.2) is 50.5 Å². The zero-order chi connectivity index (χ0) is 25.9. The predicted octanol–water partition coefficient (Wildman–Crippen LogP) is 4.46. The maximum absolute atomic E-state index is 13.5. The summed E-state index contributed by atoms with van der Waals surface area (Å²) in [5.41, 5.74) is 2.51. The summed E-state index contributed by atoms with van der Waals surface area (Å²) >= 11 is 0. The maximum atomic E-state index is 13.5. The van der Waals surface area contributed by atoms with Gasteiger partial charge < -0.3 is 15.4 Å². The molecule has 10 heteroatoms. The molecule has 0 bridgehead atoms. The Balaban J connectivity index is 1.25. The van der Waals surface area contributed by atoms with E-state index in [1.165, 1.54) is 30.0 Å². The molecule has 2 amide bonds. The van der Waals surface area contributed by atoms with Gasteiger partial charge in [0, 0.05) is 55.9 Å². The fourth-order valence-electron chi connectivity index (χ4n) is 4.52. The van der Waals surface area contributed by atoms with Crippen LogP contribution < -0.4 is 15.4 Å².